The Hall–Kier alpha value is -2.51. The Balaban J connectivity index is 2.41. The highest BCUT2D eigenvalue weighted by atomic mass is 35.5. The Kier molecular flexibility index (Phi) is 7.27. The fourth-order valence-corrected chi connectivity index (χ4v) is 2.46. The molecule has 0 saturated heterocycles. The second-order valence-electron chi connectivity index (χ2n) is 5.18. The number of esters is 1. The highest BCUT2D eigenvalue weighted by Crippen LogP contribution is 2.27. The van der Waals surface area contributed by atoms with Crippen LogP contribution in [0.1, 0.15) is 18.1 Å². The molecule has 9 heteroatoms. The van der Waals surface area contributed by atoms with Gasteiger partial charge in [-0.25, -0.2) is 18.6 Å². The maximum absolute atomic E-state index is 13.7. The summed E-state index contributed by atoms with van der Waals surface area (Å²) in [4.78, 5) is 19.7. The van der Waals surface area contributed by atoms with Crippen molar-refractivity contribution in [1.29, 1.82) is 0 Å². The lowest BCUT2D eigenvalue weighted by atomic mass is 10.1. The van der Waals surface area contributed by atoms with Gasteiger partial charge in [0.05, 0.1) is 18.7 Å². The monoisotopic (exact) mass is 414 g/mol. The maximum Gasteiger partial charge on any atom is 0.343 e. The van der Waals surface area contributed by atoms with Crippen LogP contribution in [0.2, 0.25) is 10.3 Å². The summed E-state index contributed by atoms with van der Waals surface area (Å²) < 4.78 is 31.7. The van der Waals surface area contributed by atoms with Crippen molar-refractivity contribution in [2.24, 2.45) is 4.99 Å². The minimum atomic E-state index is -0.928. The molecule has 0 aliphatic heterocycles. The van der Waals surface area contributed by atoms with Gasteiger partial charge in [-0.05, 0) is 30.7 Å². The van der Waals surface area contributed by atoms with Crippen LogP contribution in [0, 0.1) is 11.6 Å². The molecule has 0 bridgehead atoms. The smallest absolute Gasteiger partial charge is 0.343 e. The summed E-state index contributed by atoms with van der Waals surface area (Å²) in [6.07, 6.45) is 1.04. The average Bonchev–Trinajstić information content (AvgIpc) is 2.61. The summed E-state index contributed by atoms with van der Waals surface area (Å²) in [5.41, 5.74) is -0.0660. The molecule has 0 saturated carbocycles. The summed E-state index contributed by atoms with van der Waals surface area (Å²) in [5.74, 6) is -2.93. The molecule has 0 aliphatic carbocycles. The molecule has 0 aliphatic rings. The number of nitrogens with zero attached hydrogens (tertiary/aromatic N) is 2. The minimum Gasteiger partial charge on any atom is -0.506 e. The Labute approximate surface area is 163 Å². The third-order valence-electron chi connectivity index (χ3n) is 3.28. The van der Waals surface area contributed by atoms with Gasteiger partial charge in [0, 0.05) is 6.21 Å². The Morgan fingerprint density at radius 1 is 1.30 bits per heavy atom. The van der Waals surface area contributed by atoms with Crippen molar-refractivity contribution in [3.05, 3.63) is 69.0 Å². The van der Waals surface area contributed by atoms with E-state index in [0.29, 0.717) is 5.56 Å². The van der Waals surface area contributed by atoms with E-state index in [1.54, 1.807) is 13.0 Å². The number of rotatable bonds is 6. The number of hydrogen-bond donors (Lipinski definition) is 1. The molecule has 2 rings (SSSR count). The zero-order chi connectivity index (χ0) is 20.0. The van der Waals surface area contributed by atoms with Crippen molar-refractivity contribution in [3.63, 3.8) is 0 Å². The fourth-order valence-electron chi connectivity index (χ4n) is 2.05. The molecule has 2 aromatic rings. The summed E-state index contributed by atoms with van der Waals surface area (Å²) in [6.45, 7) is 1.65. The van der Waals surface area contributed by atoms with Gasteiger partial charge in [0.25, 0.3) is 0 Å². The maximum atomic E-state index is 13.7. The lowest BCUT2D eigenvalue weighted by Gasteiger charge is -2.08. The molecule has 1 heterocycles. The van der Waals surface area contributed by atoms with Gasteiger partial charge >= 0.3 is 5.97 Å². The van der Waals surface area contributed by atoms with E-state index >= 15 is 0 Å². The number of pyridine rings is 1. The number of carbonyl (C=O) groups excluding carboxylic acids is 1. The van der Waals surface area contributed by atoms with E-state index in [1.807, 2.05) is 0 Å². The van der Waals surface area contributed by atoms with Crippen molar-refractivity contribution in [2.75, 3.05) is 6.61 Å². The van der Waals surface area contributed by atoms with Gasteiger partial charge in [0.2, 0.25) is 0 Å². The van der Waals surface area contributed by atoms with Gasteiger partial charge in [-0.3, -0.25) is 4.99 Å². The average molecular weight is 415 g/mol. The number of aromatic nitrogens is 1. The number of aliphatic hydroxyl groups is 1. The minimum absolute atomic E-state index is 0.0360. The summed E-state index contributed by atoms with van der Waals surface area (Å²) in [6, 6.07) is 6.56. The number of carbonyl (C=O) groups is 1. The van der Waals surface area contributed by atoms with Crippen LogP contribution in [0.15, 0.2) is 40.9 Å². The predicted octanol–water partition coefficient (Wildman–Crippen LogP) is 4.77. The van der Waals surface area contributed by atoms with Crippen molar-refractivity contribution >= 4 is 41.1 Å². The van der Waals surface area contributed by atoms with Crippen LogP contribution in [0.5, 0.6) is 0 Å². The summed E-state index contributed by atoms with van der Waals surface area (Å²) >= 11 is 11.4. The van der Waals surface area contributed by atoms with Crippen LogP contribution in [-0.4, -0.2) is 28.9 Å². The molecule has 0 unspecified atom stereocenters. The SMILES string of the molecule is CCOC(=O)C(C=NCc1cccc(F)c1)=C(O)c1cc(F)c(Cl)nc1Cl. The van der Waals surface area contributed by atoms with Gasteiger partial charge in [-0.1, -0.05) is 35.3 Å². The van der Waals surface area contributed by atoms with E-state index in [9.17, 15) is 18.7 Å². The molecule has 5 nitrogen and oxygen atoms in total. The molecule has 1 aromatic carbocycles. The van der Waals surface area contributed by atoms with Crippen LogP contribution in [0.25, 0.3) is 5.76 Å². The van der Waals surface area contributed by atoms with Crippen molar-refractivity contribution < 1.29 is 23.4 Å². The Bertz CT molecular complexity index is 917. The van der Waals surface area contributed by atoms with E-state index in [0.717, 1.165) is 12.3 Å². The summed E-state index contributed by atoms with van der Waals surface area (Å²) in [7, 11) is 0. The van der Waals surface area contributed by atoms with Gasteiger partial charge in [-0.2, -0.15) is 0 Å². The predicted molar refractivity (Wildman–Crippen MR) is 99.0 cm³/mol. The second-order valence-corrected chi connectivity index (χ2v) is 5.90. The summed E-state index contributed by atoms with van der Waals surface area (Å²) in [5, 5.41) is 9.62. The molecule has 142 valence electrons. The van der Waals surface area contributed by atoms with E-state index < -0.39 is 28.5 Å². The van der Waals surface area contributed by atoms with E-state index in [4.69, 9.17) is 27.9 Å². The molecule has 1 aromatic heterocycles. The third-order valence-corrected chi connectivity index (χ3v) is 3.83. The first-order valence-corrected chi connectivity index (χ1v) is 8.45. The zero-order valence-corrected chi connectivity index (χ0v) is 15.6. The largest absolute Gasteiger partial charge is 0.506 e. The molecule has 0 fully saturated rings. The molecular weight excluding hydrogens is 401 g/mol. The molecule has 0 amide bonds. The van der Waals surface area contributed by atoms with Crippen molar-refractivity contribution in [2.45, 2.75) is 13.5 Å². The first kappa shape index (κ1) is 20.8. The number of halogens is 4. The normalized spacial score (nSPS) is 12.2. The standard InChI is InChI=1S/C18H14Cl2F2N2O3/c1-2-27-18(26)13(9-23-8-10-4-3-5-11(21)6-10)15(25)12-7-14(22)17(20)24-16(12)19/h3-7,9,25H,2,8H2,1H3. The zero-order valence-electron chi connectivity index (χ0n) is 14.0. The van der Waals surface area contributed by atoms with Crippen molar-refractivity contribution in [1.82, 2.24) is 4.98 Å². The van der Waals surface area contributed by atoms with Crippen molar-refractivity contribution in [3.8, 4) is 0 Å². The molecule has 0 spiro atoms. The van der Waals surface area contributed by atoms with Crippen LogP contribution in [0.3, 0.4) is 0 Å². The molecule has 0 atom stereocenters. The van der Waals surface area contributed by atoms with Crippen LogP contribution in [-0.2, 0) is 16.1 Å². The van der Waals surface area contributed by atoms with Gasteiger partial charge in [0.15, 0.2) is 11.0 Å². The number of aliphatic hydroxyl groups excluding tert-OH is 1. The number of ether oxygens (including phenoxy) is 1. The van der Waals surface area contributed by atoms with E-state index in [1.165, 1.54) is 18.2 Å². The topological polar surface area (TPSA) is 71.8 Å². The second kappa shape index (κ2) is 9.43. The molecule has 1 N–H and O–H groups in total. The molecule has 27 heavy (non-hydrogen) atoms. The number of aliphatic imine (C=N–C) groups is 1. The highest BCUT2D eigenvalue weighted by molar-refractivity contribution is 6.34. The highest BCUT2D eigenvalue weighted by Gasteiger charge is 2.20. The fraction of sp³-hybridized carbons (Fsp3) is 0.167. The quantitative estimate of drug-likeness (QED) is 0.243. The van der Waals surface area contributed by atoms with Crippen LogP contribution < -0.4 is 0 Å². The van der Waals surface area contributed by atoms with E-state index in [-0.39, 0.29) is 29.4 Å². The lowest BCUT2D eigenvalue weighted by molar-refractivity contribution is -0.137. The van der Waals surface area contributed by atoms with E-state index in [2.05, 4.69) is 9.98 Å². The van der Waals surface area contributed by atoms with Gasteiger partial charge in [0.1, 0.15) is 22.3 Å². The van der Waals surface area contributed by atoms with Gasteiger partial charge < -0.3 is 9.84 Å². The van der Waals surface area contributed by atoms with Crippen LogP contribution in [0.4, 0.5) is 8.78 Å². The number of hydrogen-bond acceptors (Lipinski definition) is 5. The molecular formula is C18H14Cl2F2N2O3. The Morgan fingerprint density at radius 3 is 2.70 bits per heavy atom. The first-order chi connectivity index (χ1) is 12.8. The Morgan fingerprint density at radius 2 is 2.04 bits per heavy atom. The molecule has 0 radical (unpaired) electrons. The van der Waals surface area contributed by atoms with Gasteiger partial charge in [-0.15, -0.1) is 0 Å². The van der Waals surface area contributed by atoms with Crippen LogP contribution >= 0.6 is 23.2 Å². The third kappa shape index (κ3) is 5.48. The lowest BCUT2D eigenvalue weighted by Crippen LogP contribution is -2.12. The number of benzene rings is 1. The first-order valence-electron chi connectivity index (χ1n) is 7.70.